The van der Waals surface area contributed by atoms with Gasteiger partial charge in [0.2, 0.25) is 0 Å². The first-order chi connectivity index (χ1) is 6.79. The molecule has 0 atom stereocenters. The van der Waals surface area contributed by atoms with Gasteiger partial charge in [-0.05, 0) is 43.6 Å². The Kier molecular flexibility index (Phi) is 3.45. The molecular formula is C12H23NO. The van der Waals surface area contributed by atoms with Crippen LogP contribution in [0.5, 0.6) is 0 Å². The van der Waals surface area contributed by atoms with Gasteiger partial charge in [0, 0.05) is 19.8 Å². The fourth-order valence-corrected chi connectivity index (χ4v) is 2.49. The maximum atomic E-state index is 5.35. The van der Waals surface area contributed by atoms with Gasteiger partial charge in [-0.25, -0.2) is 0 Å². The van der Waals surface area contributed by atoms with Crippen molar-refractivity contribution in [3.05, 3.63) is 0 Å². The smallest absolute Gasteiger partial charge is 0.0469 e. The average Bonchev–Trinajstić information content (AvgIpc) is 2.17. The highest BCUT2D eigenvalue weighted by Gasteiger charge is 2.31. The fourth-order valence-electron chi connectivity index (χ4n) is 2.49. The lowest BCUT2D eigenvalue weighted by atomic mass is 9.70. The van der Waals surface area contributed by atoms with Crippen LogP contribution in [-0.2, 0) is 4.74 Å². The first kappa shape index (κ1) is 10.4. The van der Waals surface area contributed by atoms with E-state index >= 15 is 0 Å². The van der Waals surface area contributed by atoms with Crippen LogP contribution in [0.15, 0.2) is 0 Å². The molecule has 2 aliphatic rings. The van der Waals surface area contributed by atoms with Gasteiger partial charge < -0.3 is 10.1 Å². The van der Waals surface area contributed by atoms with Crippen molar-refractivity contribution in [2.45, 2.75) is 39.0 Å². The summed E-state index contributed by atoms with van der Waals surface area (Å²) in [4.78, 5) is 0. The zero-order chi connectivity index (χ0) is 9.86. The third-order valence-electron chi connectivity index (χ3n) is 3.89. The molecule has 2 fully saturated rings. The van der Waals surface area contributed by atoms with Gasteiger partial charge >= 0.3 is 0 Å². The molecule has 0 bridgehead atoms. The SMILES string of the molecule is CC1(CNCC2CCOCC2)CCC1. The second-order valence-corrected chi connectivity index (χ2v) is 5.35. The zero-order valence-electron chi connectivity index (χ0n) is 9.35. The lowest BCUT2D eigenvalue weighted by Gasteiger charge is -2.39. The summed E-state index contributed by atoms with van der Waals surface area (Å²) in [5.74, 6) is 0.868. The second kappa shape index (κ2) is 4.63. The summed E-state index contributed by atoms with van der Waals surface area (Å²) < 4.78 is 5.35. The van der Waals surface area contributed by atoms with Crippen LogP contribution in [0.25, 0.3) is 0 Å². The molecule has 0 aromatic heterocycles. The van der Waals surface area contributed by atoms with Crippen molar-refractivity contribution in [1.82, 2.24) is 5.32 Å². The van der Waals surface area contributed by atoms with E-state index < -0.39 is 0 Å². The van der Waals surface area contributed by atoms with Crippen molar-refractivity contribution in [2.75, 3.05) is 26.3 Å². The maximum Gasteiger partial charge on any atom is 0.0469 e. The molecule has 2 heteroatoms. The second-order valence-electron chi connectivity index (χ2n) is 5.35. The van der Waals surface area contributed by atoms with E-state index in [0.29, 0.717) is 5.41 Å². The Morgan fingerprint density at radius 2 is 2.00 bits per heavy atom. The third-order valence-corrected chi connectivity index (χ3v) is 3.89. The number of hydrogen-bond donors (Lipinski definition) is 1. The molecule has 2 rings (SSSR count). The molecular weight excluding hydrogens is 174 g/mol. The van der Waals surface area contributed by atoms with Gasteiger partial charge in [-0.3, -0.25) is 0 Å². The maximum absolute atomic E-state index is 5.35. The minimum atomic E-state index is 0.630. The monoisotopic (exact) mass is 197 g/mol. The molecule has 0 unspecified atom stereocenters. The number of nitrogens with one attached hydrogen (secondary N) is 1. The highest BCUT2D eigenvalue weighted by atomic mass is 16.5. The van der Waals surface area contributed by atoms with Gasteiger partial charge in [-0.2, -0.15) is 0 Å². The van der Waals surface area contributed by atoms with E-state index in [1.165, 1.54) is 45.2 Å². The summed E-state index contributed by atoms with van der Waals surface area (Å²) in [5.41, 5.74) is 0.630. The van der Waals surface area contributed by atoms with Crippen molar-refractivity contribution in [2.24, 2.45) is 11.3 Å². The molecule has 0 radical (unpaired) electrons. The topological polar surface area (TPSA) is 21.3 Å². The lowest BCUT2D eigenvalue weighted by molar-refractivity contribution is 0.0638. The van der Waals surface area contributed by atoms with E-state index in [4.69, 9.17) is 4.74 Å². The molecule has 1 aliphatic heterocycles. The van der Waals surface area contributed by atoms with Crippen LogP contribution < -0.4 is 5.32 Å². The van der Waals surface area contributed by atoms with Crippen LogP contribution in [0.3, 0.4) is 0 Å². The normalized spacial score (nSPS) is 27.2. The standard InChI is InChI=1S/C12H23NO/c1-12(5-2-6-12)10-13-9-11-3-7-14-8-4-11/h11,13H,2-10H2,1H3. The van der Waals surface area contributed by atoms with E-state index in [-0.39, 0.29) is 0 Å². The molecule has 2 nitrogen and oxygen atoms in total. The van der Waals surface area contributed by atoms with Gasteiger partial charge in [-0.1, -0.05) is 13.3 Å². The summed E-state index contributed by atoms with van der Waals surface area (Å²) >= 11 is 0. The number of hydrogen-bond acceptors (Lipinski definition) is 2. The minimum Gasteiger partial charge on any atom is -0.381 e. The summed E-state index contributed by atoms with van der Waals surface area (Å²) in [7, 11) is 0. The molecule has 0 aromatic rings. The van der Waals surface area contributed by atoms with E-state index in [0.717, 1.165) is 19.1 Å². The molecule has 1 heterocycles. The average molecular weight is 197 g/mol. The van der Waals surface area contributed by atoms with Crippen molar-refractivity contribution < 1.29 is 4.74 Å². The van der Waals surface area contributed by atoms with E-state index in [1.807, 2.05) is 0 Å². The predicted molar refractivity (Wildman–Crippen MR) is 58.4 cm³/mol. The Morgan fingerprint density at radius 1 is 1.29 bits per heavy atom. The van der Waals surface area contributed by atoms with Gasteiger partial charge in [0.15, 0.2) is 0 Å². The van der Waals surface area contributed by atoms with E-state index in [2.05, 4.69) is 12.2 Å². The first-order valence-corrected chi connectivity index (χ1v) is 6.07. The molecule has 1 N–H and O–H groups in total. The van der Waals surface area contributed by atoms with Gasteiger partial charge in [0.1, 0.15) is 0 Å². The van der Waals surface area contributed by atoms with Crippen molar-refractivity contribution in [3.63, 3.8) is 0 Å². The minimum absolute atomic E-state index is 0.630. The Hall–Kier alpha value is -0.0800. The molecule has 1 saturated carbocycles. The van der Waals surface area contributed by atoms with Crippen LogP contribution in [0.4, 0.5) is 0 Å². The Morgan fingerprint density at radius 3 is 2.57 bits per heavy atom. The lowest BCUT2D eigenvalue weighted by Crippen LogP contribution is -2.39. The van der Waals surface area contributed by atoms with Crippen molar-refractivity contribution >= 4 is 0 Å². The molecule has 82 valence electrons. The molecule has 0 spiro atoms. The van der Waals surface area contributed by atoms with Gasteiger partial charge in [0.05, 0.1) is 0 Å². The van der Waals surface area contributed by atoms with Crippen LogP contribution in [-0.4, -0.2) is 26.3 Å². The summed E-state index contributed by atoms with van der Waals surface area (Å²) in [6.07, 6.45) is 6.80. The summed E-state index contributed by atoms with van der Waals surface area (Å²) in [5, 5.41) is 3.64. The quantitative estimate of drug-likeness (QED) is 0.746. The first-order valence-electron chi connectivity index (χ1n) is 6.07. The van der Waals surface area contributed by atoms with Crippen LogP contribution in [0.1, 0.15) is 39.0 Å². The van der Waals surface area contributed by atoms with Crippen LogP contribution >= 0.6 is 0 Å². The number of rotatable bonds is 4. The molecule has 0 amide bonds. The van der Waals surface area contributed by atoms with Gasteiger partial charge in [-0.15, -0.1) is 0 Å². The highest BCUT2D eigenvalue weighted by Crippen LogP contribution is 2.39. The zero-order valence-corrected chi connectivity index (χ0v) is 9.35. The van der Waals surface area contributed by atoms with E-state index in [9.17, 15) is 0 Å². The third kappa shape index (κ3) is 2.71. The van der Waals surface area contributed by atoms with Crippen LogP contribution in [0, 0.1) is 11.3 Å². The van der Waals surface area contributed by atoms with Crippen molar-refractivity contribution in [3.8, 4) is 0 Å². The molecule has 1 aliphatic carbocycles. The highest BCUT2D eigenvalue weighted by molar-refractivity contribution is 4.85. The van der Waals surface area contributed by atoms with Crippen molar-refractivity contribution in [1.29, 1.82) is 0 Å². The fraction of sp³-hybridized carbons (Fsp3) is 1.00. The van der Waals surface area contributed by atoms with E-state index in [1.54, 1.807) is 0 Å². The Labute approximate surface area is 87.4 Å². The Balaban J connectivity index is 1.57. The van der Waals surface area contributed by atoms with Crippen LogP contribution in [0.2, 0.25) is 0 Å². The Bertz CT molecular complexity index is 171. The predicted octanol–water partition coefficient (Wildman–Crippen LogP) is 2.19. The van der Waals surface area contributed by atoms with Gasteiger partial charge in [0.25, 0.3) is 0 Å². The summed E-state index contributed by atoms with van der Waals surface area (Å²) in [6.45, 7) is 6.80. The molecule has 0 aromatic carbocycles. The largest absolute Gasteiger partial charge is 0.381 e. The molecule has 1 saturated heterocycles. The number of ether oxygens (including phenoxy) is 1. The summed E-state index contributed by atoms with van der Waals surface area (Å²) in [6, 6.07) is 0. The molecule has 14 heavy (non-hydrogen) atoms.